The number of aliphatic hydroxyl groups excluding tert-OH is 1. The van der Waals surface area contributed by atoms with Gasteiger partial charge in [0, 0.05) is 32.9 Å². The standard InChI is InChI=1S/C11H19N3O3S/c1-10(2)8-13(3)18(16,17)11-7-12-14(9-11)5-4-6-15/h7,9,15H,1,4-6,8H2,2-3H3. The van der Waals surface area contributed by atoms with E-state index in [9.17, 15) is 8.42 Å². The fraction of sp³-hybridized carbons (Fsp3) is 0.545. The van der Waals surface area contributed by atoms with E-state index in [0.717, 1.165) is 5.57 Å². The number of hydrogen-bond acceptors (Lipinski definition) is 4. The molecule has 0 unspecified atom stereocenters. The van der Waals surface area contributed by atoms with Gasteiger partial charge in [-0.3, -0.25) is 4.68 Å². The van der Waals surface area contributed by atoms with E-state index >= 15 is 0 Å². The molecule has 1 heterocycles. The van der Waals surface area contributed by atoms with E-state index in [1.807, 2.05) is 0 Å². The molecule has 1 aromatic heterocycles. The van der Waals surface area contributed by atoms with Crippen LogP contribution in [-0.2, 0) is 16.6 Å². The minimum atomic E-state index is -3.51. The van der Waals surface area contributed by atoms with Crippen molar-refractivity contribution in [2.75, 3.05) is 20.2 Å². The van der Waals surface area contributed by atoms with Gasteiger partial charge in [-0.1, -0.05) is 12.2 Å². The zero-order chi connectivity index (χ0) is 13.8. The van der Waals surface area contributed by atoms with E-state index in [1.54, 1.807) is 6.92 Å². The lowest BCUT2D eigenvalue weighted by atomic mass is 10.4. The highest BCUT2D eigenvalue weighted by atomic mass is 32.2. The lowest BCUT2D eigenvalue weighted by Crippen LogP contribution is -2.28. The first-order valence-corrected chi connectivity index (χ1v) is 7.06. The third kappa shape index (κ3) is 3.66. The number of hydrogen-bond donors (Lipinski definition) is 1. The highest BCUT2D eigenvalue weighted by Gasteiger charge is 2.22. The molecule has 0 spiro atoms. The number of likely N-dealkylation sites (N-methyl/N-ethyl adjacent to an activating group) is 1. The summed E-state index contributed by atoms with van der Waals surface area (Å²) in [6.07, 6.45) is 3.34. The van der Waals surface area contributed by atoms with Gasteiger partial charge in [0.1, 0.15) is 4.90 Å². The fourth-order valence-corrected chi connectivity index (χ4v) is 2.66. The molecule has 0 saturated carbocycles. The van der Waals surface area contributed by atoms with Crippen LogP contribution in [0.1, 0.15) is 13.3 Å². The molecule has 102 valence electrons. The van der Waals surface area contributed by atoms with Gasteiger partial charge in [-0.15, -0.1) is 0 Å². The molecular formula is C11H19N3O3S. The monoisotopic (exact) mass is 273 g/mol. The van der Waals surface area contributed by atoms with Crippen LogP contribution >= 0.6 is 0 Å². The molecule has 0 aliphatic rings. The molecular weight excluding hydrogens is 254 g/mol. The normalized spacial score (nSPS) is 12.0. The summed E-state index contributed by atoms with van der Waals surface area (Å²) in [5, 5.41) is 12.7. The summed E-state index contributed by atoms with van der Waals surface area (Å²) >= 11 is 0. The third-order valence-electron chi connectivity index (χ3n) is 2.36. The molecule has 0 bridgehead atoms. The zero-order valence-corrected chi connectivity index (χ0v) is 11.5. The van der Waals surface area contributed by atoms with E-state index < -0.39 is 10.0 Å². The van der Waals surface area contributed by atoms with E-state index in [1.165, 1.54) is 28.4 Å². The average Bonchev–Trinajstić information content (AvgIpc) is 2.74. The molecule has 0 aliphatic carbocycles. The predicted octanol–water partition coefficient (Wildman–Crippen LogP) is 0.462. The highest BCUT2D eigenvalue weighted by Crippen LogP contribution is 2.14. The molecule has 1 rings (SSSR count). The molecule has 0 atom stereocenters. The van der Waals surface area contributed by atoms with Gasteiger partial charge in [-0.2, -0.15) is 9.40 Å². The summed E-state index contributed by atoms with van der Waals surface area (Å²) in [6.45, 7) is 6.30. The zero-order valence-electron chi connectivity index (χ0n) is 10.7. The lowest BCUT2D eigenvalue weighted by Gasteiger charge is -2.15. The molecule has 0 saturated heterocycles. The predicted molar refractivity (Wildman–Crippen MR) is 68.6 cm³/mol. The minimum Gasteiger partial charge on any atom is -0.396 e. The molecule has 18 heavy (non-hydrogen) atoms. The van der Waals surface area contributed by atoms with Gasteiger partial charge in [0.15, 0.2) is 0 Å². The maximum absolute atomic E-state index is 12.1. The number of sulfonamides is 1. The van der Waals surface area contributed by atoms with Crippen LogP contribution in [0.4, 0.5) is 0 Å². The van der Waals surface area contributed by atoms with Crippen molar-refractivity contribution in [3.63, 3.8) is 0 Å². The lowest BCUT2D eigenvalue weighted by molar-refractivity contribution is 0.277. The number of rotatable bonds is 7. The maximum Gasteiger partial charge on any atom is 0.246 e. The molecule has 1 N–H and O–H groups in total. The van der Waals surface area contributed by atoms with Crippen LogP contribution in [-0.4, -0.2) is 47.8 Å². The largest absolute Gasteiger partial charge is 0.396 e. The summed E-state index contributed by atoms with van der Waals surface area (Å²) in [5.74, 6) is 0. The Bertz CT molecular complexity index is 507. The molecule has 0 aliphatic heterocycles. The first kappa shape index (κ1) is 14.9. The second-order valence-corrected chi connectivity index (χ2v) is 6.28. The van der Waals surface area contributed by atoms with Crippen LogP contribution in [0.3, 0.4) is 0 Å². The smallest absolute Gasteiger partial charge is 0.246 e. The Kier molecular flexibility index (Phi) is 5.06. The van der Waals surface area contributed by atoms with E-state index in [4.69, 9.17) is 5.11 Å². The van der Waals surface area contributed by atoms with Crippen molar-refractivity contribution < 1.29 is 13.5 Å². The number of aromatic nitrogens is 2. The summed E-state index contributed by atoms with van der Waals surface area (Å²) in [5.41, 5.74) is 0.772. The summed E-state index contributed by atoms with van der Waals surface area (Å²) < 4.78 is 27.0. The third-order valence-corrected chi connectivity index (χ3v) is 4.11. The Labute approximate surface area is 108 Å². The van der Waals surface area contributed by atoms with Gasteiger partial charge >= 0.3 is 0 Å². The Morgan fingerprint density at radius 2 is 2.28 bits per heavy atom. The van der Waals surface area contributed by atoms with Crippen LogP contribution in [0.25, 0.3) is 0 Å². The molecule has 0 aromatic carbocycles. The first-order valence-electron chi connectivity index (χ1n) is 5.62. The van der Waals surface area contributed by atoms with Gasteiger partial charge < -0.3 is 5.11 Å². The van der Waals surface area contributed by atoms with Gasteiger partial charge in [-0.25, -0.2) is 8.42 Å². The second-order valence-electron chi connectivity index (χ2n) is 4.23. The summed E-state index contributed by atoms with van der Waals surface area (Å²) in [4.78, 5) is 0.157. The van der Waals surface area contributed by atoms with E-state index in [2.05, 4.69) is 11.7 Å². The van der Waals surface area contributed by atoms with Gasteiger partial charge in [0.25, 0.3) is 0 Å². The van der Waals surface area contributed by atoms with Gasteiger partial charge in [0.05, 0.1) is 6.20 Å². The number of nitrogens with zero attached hydrogens (tertiary/aromatic N) is 3. The quantitative estimate of drug-likeness (QED) is 0.732. The van der Waals surface area contributed by atoms with E-state index in [-0.39, 0.29) is 18.0 Å². The van der Waals surface area contributed by atoms with Crippen LogP contribution < -0.4 is 0 Å². The molecule has 0 radical (unpaired) electrons. The summed E-state index contributed by atoms with van der Waals surface area (Å²) in [7, 11) is -2.00. The average molecular weight is 273 g/mol. The highest BCUT2D eigenvalue weighted by molar-refractivity contribution is 7.89. The van der Waals surface area contributed by atoms with Crippen LogP contribution in [0, 0.1) is 0 Å². The minimum absolute atomic E-state index is 0.0531. The van der Waals surface area contributed by atoms with Crippen molar-refractivity contribution in [2.45, 2.75) is 24.8 Å². The Hall–Kier alpha value is -1.18. The topological polar surface area (TPSA) is 75.4 Å². The molecule has 6 nitrogen and oxygen atoms in total. The van der Waals surface area contributed by atoms with Crippen molar-refractivity contribution in [3.8, 4) is 0 Å². The molecule has 7 heteroatoms. The van der Waals surface area contributed by atoms with Gasteiger partial charge in [-0.05, 0) is 13.3 Å². The maximum atomic E-state index is 12.1. The fourth-order valence-electron chi connectivity index (χ4n) is 1.48. The second kappa shape index (κ2) is 6.12. The molecule has 0 fully saturated rings. The van der Waals surface area contributed by atoms with Crippen LogP contribution in [0.2, 0.25) is 0 Å². The van der Waals surface area contributed by atoms with Crippen molar-refractivity contribution >= 4 is 10.0 Å². The Morgan fingerprint density at radius 3 is 2.83 bits per heavy atom. The molecule has 1 aromatic rings. The van der Waals surface area contributed by atoms with Crippen molar-refractivity contribution in [3.05, 3.63) is 24.5 Å². The number of aliphatic hydroxyl groups is 1. The van der Waals surface area contributed by atoms with Crippen molar-refractivity contribution in [1.29, 1.82) is 0 Å². The van der Waals surface area contributed by atoms with Crippen molar-refractivity contribution in [2.24, 2.45) is 0 Å². The first-order chi connectivity index (χ1) is 8.37. The Morgan fingerprint density at radius 1 is 1.61 bits per heavy atom. The summed E-state index contributed by atoms with van der Waals surface area (Å²) in [6, 6.07) is 0. The SMILES string of the molecule is C=C(C)CN(C)S(=O)(=O)c1cnn(CCCO)c1. The van der Waals surface area contributed by atoms with Crippen LogP contribution in [0.15, 0.2) is 29.4 Å². The van der Waals surface area contributed by atoms with Crippen molar-refractivity contribution in [1.82, 2.24) is 14.1 Å². The Balaban J connectivity index is 2.85. The van der Waals surface area contributed by atoms with Gasteiger partial charge in [0.2, 0.25) is 10.0 Å². The molecule has 0 amide bonds. The number of aryl methyl sites for hydroxylation is 1. The van der Waals surface area contributed by atoms with E-state index in [0.29, 0.717) is 13.0 Å². The van der Waals surface area contributed by atoms with Crippen LogP contribution in [0.5, 0.6) is 0 Å².